The number of fused-ring (bicyclic) bond motifs is 1. The number of nitrogens with zero attached hydrogens (tertiary/aromatic N) is 3. The number of alkyl halides is 2. The van der Waals surface area contributed by atoms with Crippen LogP contribution in [-0.2, 0) is 11.3 Å². The molecule has 0 saturated carbocycles. The smallest absolute Gasteiger partial charge is 0.257 e. The van der Waals surface area contributed by atoms with Crippen molar-refractivity contribution in [1.29, 1.82) is 0 Å². The van der Waals surface area contributed by atoms with Gasteiger partial charge in [-0.3, -0.25) is 4.90 Å². The molecule has 0 bridgehead atoms. The zero-order chi connectivity index (χ0) is 17.6. The van der Waals surface area contributed by atoms with Gasteiger partial charge in [0.25, 0.3) is 6.43 Å². The number of guanidine groups is 1. The normalized spacial score (nSPS) is 23.7. The van der Waals surface area contributed by atoms with Crippen molar-refractivity contribution in [2.45, 2.75) is 32.0 Å². The van der Waals surface area contributed by atoms with Gasteiger partial charge in [-0.25, -0.2) is 13.8 Å². The van der Waals surface area contributed by atoms with Crippen molar-refractivity contribution in [2.24, 2.45) is 4.99 Å². The Morgan fingerprint density at radius 3 is 2.77 bits per heavy atom. The van der Waals surface area contributed by atoms with Crippen LogP contribution in [0.4, 0.5) is 8.78 Å². The summed E-state index contributed by atoms with van der Waals surface area (Å²) in [5.74, 6) is 0.556. The minimum atomic E-state index is -2.43. The molecular formula is C18H27F2IN4O. The molecule has 5 nitrogen and oxygen atoms in total. The Bertz CT molecular complexity index is 576. The number of rotatable bonds is 5. The Morgan fingerprint density at radius 2 is 2.08 bits per heavy atom. The third-order valence-corrected chi connectivity index (χ3v) is 4.66. The second kappa shape index (κ2) is 10.4. The van der Waals surface area contributed by atoms with Gasteiger partial charge in [0, 0.05) is 32.7 Å². The fraction of sp³-hybridized carbons (Fsp3) is 0.611. The summed E-state index contributed by atoms with van der Waals surface area (Å²) in [5, 5.41) is 3.12. The summed E-state index contributed by atoms with van der Waals surface area (Å²) < 4.78 is 31.0. The zero-order valence-corrected chi connectivity index (χ0v) is 17.3. The van der Waals surface area contributed by atoms with E-state index in [1.165, 1.54) is 5.56 Å². The van der Waals surface area contributed by atoms with E-state index in [9.17, 15) is 8.78 Å². The SMILES string of the molecule is CCNC(=NCC(F)F)N1CC2OCCN(Cc3ccccc3)C2C1.I. The van der Waals surface area contributed by atoms with Gasteiger partial charge in [0.1, 0.15) is 6.54 Å². The minimum absolute atomic E-state index is 0. The van der Waals surface area contributed by atoms with E-state index in [0.29, 0.717) is 25.7 Å². The van der Waals surface area contributed by atoms with Crippen LogP contribution in [0.3, 0.4) is 0 Å². The number of hydrogen-bond donors (Lipinski definition) is 1. The van der Waals surface area contributed by atoms with Crippen molar-refractivity contribution in [3.8, 4) is 0 Å². The highest BCUT2D eigenvalue weighted by molar-refractivity contribution is 14.0. The van der Waals surface area contributed by atoms with E-state index in [1.54, 1.807) is 0 Å². The molecule has 0 aromatic heterocycles. The van der Waals surface area contributed by atoms with Crippen LogP contribution in [0, 0.1) is 0 Å². The quantitative estimate of drug-likeness (QED) is 0.400. The van der Waals surface area contributed by atoms with Gasteiger partial charge in [0.05, 0.1) is 18.8 Å². The second-order valence-corrected chi connectivity index (χ2v) is 6.42. The van der Waals surface area contributed by atoms with Crippen LogP contribution in [0.5, 0.6) is 0 Å². The fourth-order valence-electron chi connectivity index (χ4n) is 3.53. The van der Waals surface area contributed by atoms with E-state index in [1.807, 2.05) is 17.9 Å². The lowest BCUT2D eigenvalue weighted by atomic mass is 10.1. The van der Waals surface area contributed by atoms with Gasteiger partial charge in [0.15, 0.2) is 5.96 Å². The molecule has 2 aliphatic rings. The maximum absolute atomic E-state index is 12.5. The van der Waals surface area contributed by atoms with Crippen molar-refractivity contribution in [2.75, 3.05) is 39.3 Å². The van der Waals surface area contributed by atoms with E-state index >= 15 is 0 Å². The van der Waals surface area contributed by atoms with Gasteiger partial charge in [-0.2, -0.15) is 0 Å². The highest BCUT2D eigenvalue weighted by Crippen LogP contribution is 2.24. The molecule has 2 heterocycles. The van der Waals surface area contributed by atoms with Crippen LogP contribution in [0.1, 0.15) is 12.5 Å². The summed E-state index contributed by atoms with van der Waals surface area (Å²) in [5.41, 5.74) is 1.28. The average Bonchev–Trinajstić information content (AvgIpc) is 3.04. The van der Waals surface area contributed by atoms with E-state index < -0.39 is 13.0 Å². The van der Waals surface area contributed by atoms with E-state index in [0.717, 1.165) is 19.6 Å². The van der Waals surface area contributed by atoms with Gasteiger partial charge in [-0.1, -0.05) is 30.3 Å². The molecule has 146 valence electrons. The Morgan fingerprint density at radius 1 is 1.31 bits per heavy atom. The molecule has 2 fully saturated rings. The molecule has 0 amide bonds. The molecule has 1 aromatic carbocycles. The number of hydrogen-bond acceptors (Lipinski definition) is 3. The molecule has 3 rings (SSSR count). The Balaban J connectivity index is 0.00000243. The van der Waals surface area contributed by atoms with Gasteiger partial charge >= 0.3 is 0 Å². The third kappa shape index (κ3) is 5.50. The summed E-state index contributed by atoms with van der Waals surface area (Å²) in [6, 6.07) is 10.6. The van der Waals surface area contributed by atoms with Crippen molar-refractivity contribution in [3.05, 3.63) is 35.9 Å². The molecule has 2 unspecified atom stereocenters. The molecule has 1 N–H and O–H groups in total. The van der Waals surface area contributed by atoms with Gasteiger partial charge < -0.3 is 15.0 Å². The number of aliphatic imine (C=N–C) groups is 1. The molecule has 2 aliphatic heterocycles. The summed E-state index contributed by atoms with van der Waals surface area (Å²) in [6.45, 7) is 6.02. The van der Waals surface area contributed by atoms with Gasteiger partial charge in [0.2, 0.25) is 0 Å². The van der Waals surface area contributed by atoms with Crippen molar-refractivity contribution < 1.29 is 13.5 Å². The molecule has 0 spiro atoms. The predicted molar refractivity (Wildman–Crippen MR) is 109 cm³/mol. The van der Waals surface area contributed by atoms with Crippen LogP contribution >= 0.6 is 24.0 Å². The maximum Gasteiger partial charge on any atom is 0.257 e. The van der Waals surface area contributed by atoms with Crippen molar-refractivity contribution >= 4 is 29.9 Å². The molecule has 2 atom stereocenters. The lowest BCUT2D eigenvalue weighted by Gasteiger charge is -2.36. The number of morpholine rings is 1. The van der Waals surface area contributed by atoms with E-state index in [-0.39, 0.29) is 36.1 Å². The molecule has 0 radical (unpaired) electrons. The molecule has 1 aromatic rings. The summed E-state index contributed by atoms with van der Waals surface area (Å²) in [7, 11) is 0. The summed E-state index contributed by atoms with van der Waals surface area (Å²) >= 11 is 0. The first-order chi connectivity index (χ1) is 12.2. The van der Waals surface area contributed by atoms with Crippen LogP contribution in [0.2, 0.25) is 0 Å². The highest BCUT2D eigenvalue weighted by Gasteiger charge is 2.41. The van der Waals surface area contributed by atoms with Crippen LogP contribution in [-0.4, -0.2) is 73.7 Å². The number of benzene rings is 1. The number of nitrogens with one attached hydrogen (secondary N) is 1. The maximum atomic E-state index is 12.5. The van der Waals surface area contributed by atoms with Crippen molar-refractivity contribution in [3.63, 3.8) is 0 Å². The van der Waals surface area contributed by atoms with Crippen molar-refractivity contribution in [1.82, 2.24) is 15.1 Å². The zero-order valence-electron chi connectivity index (χ0n) is 15.0. The van der Waals surface area contributed by atoms with E-state index in [2.05, 4.69) is 39.5 Å². The molecular weight excluding hydrogens is 453 g/mol. The Labute approximate surface area is 170 Å². The summed E-state index contributed by atoms with van der Waals surface area (Å²) in [4.78, 5) is 8.55. The van der Waals surface area contributed by atoms with Crippen LogP contribution in [0.25, 0.3) is 0 Å². The average molecular weight is 480 g/mol. The Hall–Kier alpha value is -1.000. The lowest BCUT2D eigenvalue weighted by Crippen LogP contribution is -2.50. The summed E-state index contributed by atoms with van der Waals surface area (Å²) in [6.07, 6.45) is -2.34. The first-order valence-corrected chi connectivity index (χ1v) is 8.88. The minimum Gasteiger partial charge on any atom is -0.373 e. The molecule has 0 aliphatic carbocycles. The first-order valence-electron chi connectivity index (χ1n) is 8.88. The van der Waals surface area contributed by atoms with E-state index in [4.69, 9.17) is 4.74 Å². The Kier molecular flexibility index (Phi) is 8.49. The first kappa shape index (κ1) is 21.3. The highest BCUT2D eigenvalue weighted by atomic mass is 127. The van der Waals surface area contributed by atoms with Crippen LogP contribution < -0.4 is 5.32 Å². The third-order valence-electron chi connectivity index (χ3n) is 4.66. The largest absolute Gasteiger partial charge is 0.373 e. The fourth-order valence-corrected chi connectivity index (χ4v) is 3.53. The standard InChI is InChI=1S/C18H26F2N4O.HI/c1-2-21-18(22-10-17(19)20)24-12-15-16(13-24)25-9-8-23(15)11-14-6-4-3-5-7-14;/h3-7,15-17H,2,8-13H2,1H3,(H,21,22);1H. The molecule has 8 heteroatoms. The van der Waals surface area contributed by atoms with Crippen LogP contribution in [0.15, 0.2) is 35.3 Å². The lowest BCUT2D eigenvalue weighted by molar-refractivity contribution is -0.0502. The number of halogens is 3. The molecule has 26 heavy (non-hydrogen) atoms. The number of likely N-dealkylation sites (tertiary alicyclic amines) is 1. The predicted octanol–water partition coefficient (Wildman–Crippen LogP) is 2.42. The van der Waals surface area contributed by atoms with Gasteiger partial charge in [-0.15, -0.1) is 24.0 Å². The number of ether oxygens (including phenoxy) is 1. The molecule has 2 saturated heterocycles. The second-order valence-electron chi connectivity index (χ2n) is 6.42. The topological polar surface area (TPSA) is 40.1 Å². The monoisotopic (exact) mass is 480 g/mol. The van der Waals surface area contributed by atoms with Gasteiger partial charge in [-0.05, 0) is 12.5 Å².